The van der Waals surface area contributed by atoms with Crippen LogP contribution in [0, 0.1) is 0 Å². The van der Waals surface area contributed by atoms with Crippen molar-refractivity contribution in [2.75, 3.05) is 6.61 Å². The Bertz CT molecular complexity index is 501. The molecule has 2 rings (SSSR count). The predicted molar refractivity (Wildman–Crippen MR) is 65.3 cm³/mol. The van der Waals surface area contributed by atoms with Crippen LogP contribution in [0.3, 0.4) is 0 Å². The minimum absolute atomic E-state index is 0.210. The van der Waals surface area contributed by atoms with Crippen LogP contribution in [0.4, 0.5) is 0 Å². The molecule has 0 aliphatic rings. The van der Waals surface area contributed by atoms with Gasteiger partial charge in [-0.2, -0.15) is 4.98 Å². The van der Waals surface area contributed by atoms with E-state index in [-0.39, 0.29) is 12.5 Å². The summed E-state index contributed by atoms with van der Waals surface area (Å²) in [5, 5.41) is 12.7. The van der Waals surface area contributed by atoms with Gasteiger partial charge in [-0.3, -0.25) is 0 Å². The molecule has 1 unspecified atom stereocenters. The number of benzene rings is 1. The highest BCUT2D eigenvalue weighted by Crippen LogP contribution is 2.15. The molecule has 1 aromatic heterocycles. The van der Waals surface area contributed by atoms with Crippen LogP contribution < -0.4 is 5.73 Å². The Balaban J connectivity index is 2.11. The van der Waals surface area contributed by atoms with Gasteiger partial charge in [0.2, 0.25) is 5.89 Å². The zero-order valence-corrected chi connectivity index (χ0v) is 10.6. The number of aromatic nitrogens is 2. The van der Waals surface area contributed by atoms with Crippen molar-refractivity contribution in [3.05, 3.63) is 46.0 Å². The van der Waals surface area contributed by atoms with Gasteiger partial charge in [0.05, 0.1) is 6.61 Å². The highest BCUT2D eigenvalue weighted by atomic mass is 79.9. The highest BCUT2D eigenvalue weighted by molar-refractivity contribution is 9.10. The van der Waals surface area contributed by atoms with E-state index in [1.165, 1.54) is 0 Å². The third-order valence-electron chi connectivity index (χ3n) is 2.25. The van der Waals surface area contributed by atoms with Crippen molar-refractivity contribution >= 4 is 15.9 Å². The average molecular weight is 298 g/mol. The fraction of sp³-hybridized carbons (Fsp3) is 0.273. The molecule has 1 aromatic carbocycles. The van der Waals surface area contributed by atoms with Crippen molar-refractivity contribution in [2.24, 2.45) is 5.73 Å². The normalized spacial score (nSPS) is 12.6. The Morgan fingerprint density at radius 3 is 3.00 bits per heavy atom. The maximum atomic E-state index is 8.86. The largest absolute Gasteiger partial charge is 0.394 e. The number of nitrogens with two attached hydrogens (primary N) is 1. The van der Waals surface area contributed by atoms with Crippen LogP contribution in [0.25, 0.3) is 0 Å². The molecule has 0 saturated heterocycles. The summed E-state index contributed by atoms with van der Waals surface area (Å²) in [6.07, 6.45) is 0.571. The zero-order chi connectivity index (χ0) is 12.3. The van der Waals surface area contributed by atoms with Gasteiger partial charge >= 0.3 is 0 Å². The second kappa shape index (κ2) is 5.39. The van der Waals surface area contributed by atoms with Crippen LogP contribution in [0.2, 0.25) is 0 Å². The molecule has 5 nitrogen and oxygen atoms in total. The van der Waals surface area contributed by atoms with E-state index < -0.39 is 6.04 Å². The molecule has 0 saturated carbocycles. The van der Waals surface area contributed by atoms with E-state index in [2.05, 4.69) is 26.1 Å². The first-order chi connectivity index (χ1) is 8.19. The summed E-state index contributed by atoms with van der Waals surface area (Å²) in [6.45, 7) is -0.210. The van der Waals surface area contributed by atoms with Crippen molar-refractivity contribution < 1.29 is 9.63 Å². The van der Waals surface area contributed by atoms with Gasteiger partial charge in [0.1, 0.15) is 6.04 Å². The van der Waals surface area contributed by atoms with E-state index in [0.29, 0.717) is 12.2 Å². The smallest absolute Gasteiger partial charge is 0.245 e. The maximum absolute atomic E-state index is 8.86. The van der Waals surface area contributed by atoms with E-state index in [0.717, 1.165) is 10.0 Å². The monoisotopic (exact) mass is 297 g/mol. The number of hydrogen-bond acceptors (Lipinski definition) is 5. The molecule has 0 radical (unpaired) electrons. The molecule has 2 aromatic rings. The van der Waals surface area contributed by atoms with Crippen LogP contribution in [0.5, 0.6) is 0 Å². The standard InChI is InChI=1S/C11H12BrN3O2/c12-8-3-1-2-7(4-8)5-10-14-11(17-15-10)9(13)6-16/h1-4,9,16H,5-6,13H2. The lowest BCUT2D eigenvalue weighted by Crippen LogP contribution is -2.14. The quantitative estimate of drug-likeness (QED) is 0.891. The summed E-state index contributed by atoms with van der Waals surface area (Å²) in [5.41, 5.74) is 6.64. The second-order valence-corrected chi connectivity index (χ2v) is 4.56. The van der Waals surface area contributed by atoms with Gasteiger partial charge < -0.3 is 15.4 Å². The molecule has 3 N–H and O–H groups in total. The van der Waals surface area contributed by atoms with Gasteiger partial charge in [-0.1, -0.05) is 33.2 Å². The Morgan fingerprint density at radius 1 is 1.47 bits per heavy atom. The Hall–Kier alpha value is -1.24. The summed E-state index contributed by atoms with van der Waals surface area (Å²) < 4.78 is 5.97. The minimum atomic E-state index is -0.612. The van der Waals surface area contributed by atoms with E-state index in [1.54, 1.807) is 0 Å². The van der Waals surface area contributed by atoms with Gasteiger partial charge in [-0.15, -0.1) is 0 Å². The third kappa shape index (κ3) is 3.12. The van der Waals surface area contributed by atoms with Crippen molar-refractivity contribution in [2.45, 2.75) is 12.5 Å². The first-order valence-corrected chi connectivity index (χ1v) is 5.91. The number of aliphatic hydroxyl groups excluding tert-OH is 1. The van der Waals surface area contributed by atoms with Crippen LogP contribution >= 0.6 is 15.9 Å². The van der Waals surface area contributed by atoms with Gasteiger partial charge in [-0.05, 0) is 17.7 Å². The lowest BCUT2D eigenvalue weighted by molar-refractivity contribution is 0.236. The average Bonchev–Trinajstić information content (AvgIpc) is 2.76. The third-order valence-corrected chi connectivity index (χ3v) is 2.74. The van der Waals surface area contributed by atoms with Gasteiger partial charge in [0.15, 0.2) is 5.82 Å². The molecule has 0 aliphatic carbocycles. The summed E-state index contributed by atoms with van der Waals surface area (Å²) in [5.74, 6) is 0.819. The molecule has 1 atom stereocenters. The minimum Gasteiger partial charge on any atom is -0.394 e. The summed E-state index contributed by atoms with van der Waals surface area (Å²) in [7, 11) is 0. The zero-order valence-electron chi connectivity index (χ0n) is 9.01. The fourth-order valence-corrected chi connectivity index (χ4v) is 1.84. The summed E-state index contributed by atoms with van der Waals surface area (Å²) >= 11 is 3.40. The van der Waals surface area contributed by atoms with E-state index in [1.807, 2.05) is 24.3 Å². The second-order valence-electron chi connectivity index (χ2n) is 3.64. The molecule has 0 bridgehead atoms. The van der Waals surface area contributed by atoms with Gasteiger partial charge in [-0.25, -0.2) is 0 Å². The van der Waals surface area contributed by atoms with Crippen molar-refractivity contribution in [3.63, 3.8) is 0 Å². The molecular formula is C11H12BrN3O2. The van der Waals surface area contributed by atoms with Crippen LogP contribution in [-0.2, 0) is 6.42 Å². The van der Waals surface area contributed by atoms with Gasteiger partial charge in [0.25, 0.3) is 0 Å². The van der Waals surface area contributed by atoms with Crippen molar-refractivity contribution in [3.8, 4) is 0 Å². The number of halogens is 1. The van der Waals surface area contributed by atoms with Crippen LogP contribution in [0.15, 0.2) is 33.3 Å². The first-order valence-electron chi connectivity index (χ1n) is 5.12. The molecule has 17 heavy (non-hydrogen) atoms. The van der Waals surface area contributed by atoms with E-state index >= 15 is 0 Å². The molecule has 1 heterocycles. The fourth-order valence-electron chi connectivity index (χ4n) is 1.40. The Labute approximate surface area is 107 Å². The molecule has 0 amide bonds. The van der Waals surface area contributed by atoms with Crippen LogP contribution in [-0.4, -0.2) is 21.9 Å². The topological polar surface area (TPSA) is 85.2 Å². The summed E-state index contributed by atoms with van der Waals surface area (Å²) in [6, 6.07) is 7.25. The van der Waals surface area contributed by atoms with E-state index in [9.17, 15) is 0 Å². The molecule has 0 spiro atoms. The number of hydrogen-bond donors (Lipinski definition) is 2. The van der Waals surface area contributed by atoms with Crippen molar-refractivity contribution in [1.29, 1.82) is 0 Å². The molecular weight excluding hydrogens is 286 g/mol. The lowest BCUT2D eigenvalue weighted by atomic mass is 10.1. The number of aliphatic hydroxyl groups is 1. The highest BCUT2D eigenvalue weighted by Gasteiger charge is 2.13. The number of rotatable bonds is 4. The predicted octanol–water partition coefficient (Wildman–Crippen LogP) is 1.42. The van der Waals surface area contributed by atoms with Gasteiger partial charge in [0, 0.05) is 10.9 Å². The number of nitrogens with zero attached hydrogens (tertiary/aromatic N) is 2. The molecule has 0 fully saturated rings. The van der Waals surface area contributed by atoms with Crippen molar-refractivity contribution in [1.82, 2.24) is 10.1 Å². The van der Waals surface area contributed by atoms with Crippen LogP contribution in [0.1, 0.15) is 23.3 Å². The Morgan fingerprint density at radius 2 is 2.29 bits per heavy atom. The first kappa shape index (κ1) is 12.2. The molecule has 0 aliphatic heterocycles. The maximum Gasteiger partial charge on any atom is 0.245 e. The summed E-state index contributed by atoms with van der Waals surface area (Å²) in [4.78, 5) is 4.13. The Kier molecular flexibility index (Phi) is 3.88. The molecule has 90 valence electrons. The van der Waals surface area contributed by atoms with E-state index in [4.69, 9.17) is 15.4 Å². The molecule has 6 heteroatoms. The SMILES string of the molecule is NC(CO)c1nc(Cc2cccc(Br)c2)no1. The lowest BCUT2D eigenvalue weighted by Gasteiger charge is -1.99.